The van der Waals surface area contributed by atoms with Crippen molar-refractivity contribution < 1.29 is 18.0 Å². The lowest BCUT2D eigenvalue weighted by atomic mass is 10.0. The predicted octanol–water partition coefficient (Wildman–Crippen LogP) is 1.56. The zero-order chi connectivity index (χ0) is 25.0. The molecule has 2 aromatic rings. The highest BCUT2D eigenvalue weighted by molar-refractivity contribution is 7.90. The molecule has 0 aromatic heterocycles. The number of carbonyl (C=O) groups is 2. The number of likely N-dealkylation sites (tertiary alicyclic amines) is 1. The van der Waals surface area contributed by atoms with Crippen molar-refractivity contribution in [2.24, 2.45) is 0 Å². The molecule has 2 N–H and O–H groups in total. The van der Waals surface area contributed by atoms with Crippen LogP contribution in [0, 0.1) is 0 Å². The highest BCUT2D eigenvalue weighted by atomic mass is 32.2. The van der Waals surface area contributed by atoms with Crippen LogP contribution in [0.4, 0.5) is 0 Å². The summed E-state index contributed by atoms with van der Waals surface area (Å²) in [6.07, 6.45) is 3.15. The van der Waals surface area contributed by atoms with Crippen LogP contribution < -0.4 is 10.6 Å². The minimum atomic E-state index is -3.24. The van der Waals surface area contributed by atoms with Crippen LogP contribution in [-0.2, 0) is 32.5 Å². The first kappa shape index (κ1) is 25.3. The van der Waals surface area contributed by atoms with Crippen LogP contribution >= 0.6 is 0 Å². The Morgan fingerprint density at radius 1 is 1.09 bits per heavy atom. The smallest absolute Gasteiger partial charge is 0.239 e. The Hall–Kier alpha value is -2.75. The zero-order valence-corrected chi connectivity index (χ0v) is 21.1. The molecule has 9 heteroatoms. The fourth-order valence-electron chi connectivity index (χ4n) is 5.09. The van der Waals surface area contributed by atoms with Gasteiger partial charge in [-0.2, -0.15) is 0 Å². The number of sulfone groups is 1. The first-order chi connectivity index (χ1) is 16.7. The molecule has 2 aromatic carbocycles. The Bertz CT molecular complexity index is 1140. The molecule has 2 saturated heterocycles. The average Bonchev–Trinajstić information content (AvgIpc) is 3.21. The van der Waals surface area contributed by atoms with Gasteiger partial charge < -0.3 is 10.6 Å². The number of fused-ring (bicyclic) bond motifs is 1. The number of hydrogen-bond acceptors (Lipinski definition) is 6. The molecule has 8 nitrogen and oxygen atoms in total. The summed E-state index contributed by atoms with van der Waals surface area (Å²) in [5.74, 6) is 0.0306. The van der Waals surface area contributed by atoms with Crippen LogP contribution in [0.25, 0.3) is 0 Å². The summed E-state index contributed by atoms with van der Waals surface area (Å²) < 4.78 is 23.5. The molecule has 0 unspecified atom stereocenters. The van der Waals surface area contributed by atoms with E-state index in [4.69, 9.17) is 0 Å². The lowest BCUT2D eigenvalue weighted by Gasteiger charge is -2.33. The van der Waals surface area contributed by atoms with Gasteiger partial charge in [-0.3, -0.25) is 19.4 Å². The zero-order valence-electron chi connectivity index (χ0n) is 20.3. The van der Waals surface area contributed by atoms with Crippen LogP contribution in [-0.4, -0.2) is 74.6 Å². The van der Waals surface area contributed by atoms with E-state index in [-0.39, 0.29) is 29.9 Å². The molecule has 2 fully saturated rings. The second-order valence-electron chi connectivity index (χ2n) is 9.55. The van der Waals surface area contributed by atoms with Crippen molar-refractivity contribution in [3.8, 4) is 0 Å². The molecule has 35 heavy (non-hydrogen) atoms. The quantitative estimate of drug-likeness (QED) is 0.573. The van der Waals surface area contributed by atoms with Gasteiger partial charge in [-0.25, -0.2) is 8.42 Å². The number of hydrogen-bond donors (Lipinski definition) is 2. The molecule has 0 bridgehead atoms. The van der Waals surface area contributed by atoms with Crippen LogP contribution in [0.15, 0.2) is 59.5 Å². The lowest BCUT2D eigenvalue weighted by molar-refractivity contribution is -0.126. The van der Waals surface area contributed by atoms with E-state index in [1.807, 2.05) is 42.5 Å². The molecule has 0 aliphatic carbocycles. The maximum atomic E-state index is 13.0. The summed E-state index contributed by atoms with van der Waals surface area (Å²) in [6.45, 7) is 2.40. The fourth-order valence-corrected chi connectivity index (χ4v) is 5.72. The van der Waals surface area contributed by atoms with Gasteiger partial charge in [0.1, 0.15) is 6.04 Å². The topological polar surface area (TPSA) is 98.8 Å². The summed E-state index contributed by atoms with van der Waals surface area (Å²) in [7, 11) is -1.18. The fraction of sp³-hybridized carbons (Fsp3) is 0.462. The van der Waals surface area contributed by atoms with Gasteiger partial charge in [0.25, 0.3) is 0 Å². The molecule has 4 rings (SSSR count). The van der Waals surface area contributed by atoms with E-state index in [1.54, 1.807) is 12.1 Å². The van der Waals surface area contributed by atoms with E-state index in [9.17, 15) is 18.0 Å². The summed E-state index contributed by atoms with van der Waals surface area (Å²) in [4.78, 5) is 30.2. The van der Waals surface area contributed by atoms with Gasteiger partial charge in [0.2, 0.25) is 11.8 Å². The Balaban J connectivity index is 1.34. The largest absolute Gasteiger partial charge is 0.353 e. The van der Waals surface area contributed by atoms with E-state index in [2.05, 4.69) is 27.5 Å². The predicted molar refractivity (Wildman–Crippen MR) is 134 cm³/mol. The Morgan fingerprint density at radius 3 is 2.49 bits per heavy atom. The molecule has 0 spiro atoms. The Labute approximate surface area is 207 Å². The number of nitrogens with zero attached hydrogens (tertiary/aromatic N) is 2. The normalized spacial score (nSPS) is 23.4. The molecule has 3 atom stereocenters. The van der Waals surface area contributed by atoms with Gasteiger partial charge in [-0.05, 0) is 43.1 Å². The van der Waals surface area contributed by atoms with Crippen molar-refractivity contribution in [3.05, 3.63) is 65.7 Å². The van der Waals surface area contributed by atoms with Gasteiger partial charge in [0, 0.05) is 50.9 Å². The van der Waals surface area contributed by atoms with Crippen molar-refractivity contribution in [1.29, 1.82) is 0 Å². The highest BCUT2D eigenvalue weighted by Gasteiger charge is 2.44. The Morgan fingerprint density at radius 2 is 1.80 bits per heavy atom. The maximum absolute atomic E-state index is 13.0. The molecule has 2 amide bonds. The summed E-state index contributed by atoms with van der Waals surface area (Å²) in [5.41, 5.74) is 2.05. The molecule has 0 saturated carbocycles. The van der Waals surface area contributed by atoms with Gasteiger partial charge >= 0.3 is 0 Å². The SMILES string of the molecule is CN1[C@@H](CCC(=O)NCc2ccccc2)CNC(=O)[C@@H]2[C@H]1CCN2Cc1ccc(S(C)(=O)=O)cc1. The number of rotatable bonds is 8. The second-order valence-corrected chi connectivity index (χ2v) is 11.6. The lowest BCUT2D eigenvalue weighted by Crippen LogP contribution is -2.49. The number of nitrogens with one attached hydrogen (secondary N) is 2. The monoisotopic (exact) mass is 498 g/mol. The van der Waals surface area contributed by atoms with Gasteiger partial charge in [0.05, 0.1) is 4.90 Å². The first-order valence-electron chi connectivity index (χ1n) is 12.1. The summed E-state index contributed by atoms with van der Waals surface area (Å²) >= 11 is 0. The van der Waals surface area contributed by atoms with E-state index in [0.29, 0.717) is 37.4 Å². The van der Waals surface area contributed by atoms with E-state index >= 15 is 0 Å². The molecular formula is C26H34N4O4S. The van der Waals surface area contributed by atoms with E-state index in [0.717, 1.165) is 24.1 Å². The van der Waals surface area contributed by atoms with Crippen LogP contribution in [0.3, 0.4) is 0 Å². The third-order valence-corrected chi connectivity index (χ3v) is 8.25. The standard InChI is InChI=1S/C26H34N4O4S/c1-29-21(10-13-24(31)27-16-19-6-4-3-5-7-19)17-28-26(32)25-23(29)14-15-30(25)18-20-8-11-22(12-9-20)35(2,33)34/h3-9,11-12,21,23,25H,10,13-18H2,1-2H3,(H,27,31)(H,28,32)/t21-,23+,25-/m0/s1. The van der Waals surface area contributed by atoms with Crippen molar-refractivity contribution in [2.45, 2.75) is 55.4 Å². The summed E-state index contributed by atoms with van der Waals surface area (Å²) in [5, 5.41) is 6.07. The molecule has 2 heterocycles. The van der Waals surface area contributed by atoms with Gasteiger partial charge in [0.15, 0.2) is 9.84 Å². The minimum absolute atomic E-state index is 0.0139. The number of likely N-dealkylation sites (N-methyl/N-ethyl adjacent to an activating group) is 1. The van der Waals surface area contributed by atoms with Gasteiger partial charge in [-0.15, -0.1) is 0 Å². The number of amides is 2. The molecule has 0 radical (unpaired) electrons. The van der Waals surface area contributed by atoms with Crippen LogP contribution in [0.5, 0.6) is 0 Å². The van der Waals surface area contributed by atoms with E-state index < -0.39 is 9.84 Å². The number of benzene rings is 2. The van der Waals surface area contributed by atoms with Crippen LogP contribution in [0.2, 0.25) is 0 Å². The average molecular weight is 499 g/mol. The first-order valence-corrected chi connectivity index (χ1v) is 13.9. The molecule has 188 valence electrons. The molecule has 2 aliphatic rings. The molecular weight excluding hydrogens is 464 g/mol. The third-order valence-electron chi connectivity index (χ3n) is 7.12. The molecule has 2 aliphatic heterocycles. The van der Waals surface area contributed by atoms with Crippen molar-refractivity contribution >= 4 is 21.7 Å². The summed E-state index contributed by atoms with van der Waals surface area (Å²) in [6, 6.07) is 16.6. The highest BCUT2D eigenvalue weighted by Crippen LogP contribution is 2.28. The minimum Gasteiger partial charge on any atom is -0.353 e. The van der Waals surface area contributed by atoms with Crippen molar-refractivity contribution in [1.82, 2.24) is 20.4 Å². The van der Waals surface area contributed by atoms with Crippen molar-refractivity contribution in [2.75, 3.05) is 26.4 Å². The van der Waals surface area contributed by atoms with E-state index in [1.165, 1.54) is 6.26 Å². The Kier molecular flexibility index (Phi) is 7.88. The third kappa shape index (κ3) is 6.28. The van der Waals surface area contributed by atoms with Gasteiger partial charge in [-0.1, -0.05) is 42.5 Å². The number of carbonyl (C=O) groups excluding carboxylic acids is 2. The second kappa shape index (κ2) is 10.9. The van der Waals surface area contributed by atoms with Crippen LogP contribution in [0.1, 0.15) is 30.4 Å². The van der Waals surface area contributed by atoms with Crippen molar-refractivity contribution in [3.63, 3.8) is 0 Å². The maximum Gasteiger partial charge on any atom is 0.239 e.